The van der Waals surface area contributed by atoms with Crippen molar-refractivity contribution >= 4 is 11.8 Å². The highest BCUT2D eigenvalue weighted by molar-refractivity contribution is 7.99. The van der Waals surface area contributed by atoms with Gasteiger partial charge in [-0.15, -0.1) is 5.10 Å². The summed E-state index contributed by atoms with van der Waals surface area (Å²) in [7, 11) is 0. The van der Waals surface area contributed by atoms with Gasteiger partial charge in [-0.2, -0.15) is 4.68 Å². The summed E-state index contributed by atoms with van der Waals surface area (Å²) in [5.41, 5.74) is 0.765. The summed E-state index contributed by atoms with van der Waals surface area (Å²) < 4.78 is 1.56. The van der Waals surface area contributed by atoms with E-state index in [-0.39, 0.29) is 5.75 Å². The molecule has 1 heterocycles. The van der Waals surface area contributed by atoms with E-state index in [9.17, 15) is 10.2 Å². The number of aromatic nitrogens is 4. The van der Waals surface area contributed by atoms with Crippen molar-refractivity contribution in [3.8, 4) is 11.4 Å². The highest BCUT2D eigenvalue weighted by Gasteiger charge is 2.09. The van der Waals surface area contributed by atoms with E-state index in [0.717, 1.165) is 5.69 Å². The minimum absolute atomic E-state index is 0.194. The van der Waals surface area contributed by atoms with Crippen LogP contribution < -0.4 is 0 Å². The van der Waals surface area contributed by atoms with Gasteiger partial charge in [-0.1, -0.05) is 11.8 Å². The average Bonchev–Trinajstić information content (AvgIpc) is 2.75. The lowest BCUT2D eigenvalue weighted by molar-refractivity contribution is 0.220. The fraction of sp³-hybridized carbons (Fsp3) is 0.300. The van der Waals surface area contributed by atoms with Crippen LogP contribution in [0.2, 0.25) is 0 Å². The average molecular weight is 252 g/mol. The van der Waals surface area contributed by atoms with Crippen LogP contribution in [-0.4, -0.2) is 42.3 Å². The third kappa shape index (κ3) is 2.95. The van der Waals surface area contributed by atoms with Crippen LogP contribution in [-0.2, 0) is 0 Å². The summed E-state index contributed by atoms with van der Waals surface area (Å²) in [4.78, 5) is 0. The molecular formula is C10H12N4O2S. The van der Waals surface area contributed by atoms with E-state index < -0.39 is 6.10 Å². The first-order valence-electron chi connectivity index (χ1n) is 5.05. The van der Waals surface area contributed by atoms with E-state index in [1.807, 2.05) is 0 Å². The van der Waals surface area contributed by atoms with E-state index >= 15 is 0 Å². The van der Waals surface area contributed by atoms with Crippen molar-refractivity contribution in [2.24, 2.45) is 0 Å². The van der Waals surface area contributed by atoms with Crippen molar-refractivity contribution in [2.45, 2.75) is 18.2 Å². The second kappa shape index (κ2) is 5.15. The van der Waals surface area contributed by atoms with Gasteiger partial charge in [0.15, 0.2) is 0 Å². The number of aliphatic hydroxyl groups is 1. The molecule has 1 aromatic heterocycles. The molecule has 6 nitrogen and oxygen atoms in total. The zero-order chi connectivity index (χ0) is 12.3. The summed E-state index contributed by atoms with van der Waals surface area (Å²) in [6, 6.07) is 6.58. The van der Waals surface area contributed by atoms with Crippen LogP contribution in [0.3, 0.4) is 0 Å². The molecule has 7 heteroatoms. The zero-order valence-electron chi connectivity index (χ0n) is 9.19. The van der Waals surface area contributed by atoms with Crippen LogP contribution in [0.4, 0.5) is 0 Å². The molecule has 0 aliphatic heterocycles. The van der Waals surface area contributed by atoms with Crippen molar-refractivity contribution in [1.29, 1.82) is 0 Å². The fourth-order valence-corrected chi connectivity index (χ4v) is 1.97. The number of hydrogen-bond acceptors (Lipinski definition) is 6. The molecule has 0 spiro atoms. The first-order valence-corrected chi connectivity index (χ1v) is 6.04. The maximum atomic E-state index is 9.22. The lowest BCUT2D eigenvalue weighted by Gasteiger charge is -2.05. The Morgan fingerprint density at radius 1 is 1.35 bits per heavy atom. The molecule has 1 atom stereocenters. The minimum atomic E-state index is -0.412. The van der Waals surface area contributed by atoms with Gasteiger partial charge in [-0.05, 0) is 41.6 Å². The van der Waals surface area contributed by atoms with Crippen LogP contribution in [0.15, 0.2) is 29.4 Å². The number of aliphatic hydroxyl groups excluding tert-OH is 1. The molecule has 2 rings (SSSR count). The van der Waals surface area contributed by atoms with E-state index in [1.54, 1.807) is 35.9 Å². The quantitative estimate of drug-likeness (QED) is 0.784. The van der Waals surface area contributed by atoms with Crippen LogP contribution >= 0.6 is 11.8 Å². The Bertz CT molecular complexity index is 483. The van der Waals surface area contributed by atoms with E-state index in [4.69, 9.17) is 0 Å². The van der Waals surface area contributed by atoms with Crippen molar-refractivity contribution in [3.05, 3.63) is 24.3 Å². The van der Waals surface area contributed by atoms with E-state index in [0.29, 0.717) is 10.9 Å². The van der Waals surface area contributed by atoms with Gasteiger partial charge < -0.3 is 10.2 Å². The summed E-state index contributed by atoms with van der Waals surface area (Å²) in [5.74, 6) is 0.721. The Kier molecular flexibility index (Phi) is 3.60. The second-order valence-corrected chi connectivity index (χ2v) is 4.54. The lowest BCUT2D eigenvalue weighted by atomic mass is 10.3. The first kappa shape index (κ1) is 11.9. The predicted octanol–water partition coefficient (Wildman–Crippen LogP) is 0.841. The molecule has 90 valence electrons. The van der Waals surface area contributed by atoms with Gasteiger partial charge in [0, 0.05) is 5.75 Å². The standard InChI is InChI=1S/C10H12N4O2S/c1-7(15)6-17-10-11-12-13-14(10)8-2-4-9(16)5-3-8/h2-5,7,15-16H,6H2,1H3/t7-/m0/s1. The van der Waals surface area contributed by atoms with Crippen LogP contribution in [0.5, 0.6) is 5.75 Å². The van der Waals surface area contributed by atoms with Gasteiger partial charge in [0.1, 0.15) is 5.75 Å². The largest absolute Gasteiger partial charge is 0.508 e. The fourth-order valence-electron chi connectivity index (χ4n) is 1.22. The predicted molar refractivity (Wildman–Crippen MR) is 63.2 cm³/mol. The minimum Gasteiger partial charge on any atom is -0.508 e. The van der Waals surface area contributed by atoms with Gasteiger partial charge in [0.05, 0.1) is 11.8 Å². The summed E-state index contributed by atoms with van der Waals surface area (Å²) in [5, 5.41) is 30.4. The van der Waals surface area contributed by atoms with Gasteiger partial charge in [0.2, 0.25) is 5.16 Å². The van der Waals surface area contributed by atoms with Gasteiger partial charge in [-0.3, -0.25) is 0 Å². The monoisotopic (exact) mass is 252 g/mol. The van der Waals surface area contributed by atoms with E-state index in [2.05, 4.69) is 15.5 Å². The molecule has 0 aliphatic rings. The normalized spacial score (nSPS) is 12.6. The van der Waals surface area contributed by atoms with Crippen molar-refractivity contribution in [2.75, 3.05) is 5.75 Å². The third-order valence-electron chi connectivity index (χ3n) is 1.99. The highest BCUT2D eigenvalue weighted by Crippen LogP contribution is 2.20. The van der Waals surface area contributed by atoms with E-state index in [1.165, 1.54) is 11.8 Å². The number of phenols is 1. The Morgan fingerprint density at radius 2 is 2.06 bits per heavy atom. The smallest absolute Gasteiger partial charge is 0.214 e. The van der Waals surface area contributed by atoms with Crippen LogP contribution in [0.1, 0.15) is 6.92 Å². The second-order valence-electron chi connectivity index (χ2n) is 3.55. The number of benzene rings is 1. The lowest BCUT2D eigenvalue weighted by Crippen LogP contribution is -2.05. The van der Waals surface area contributed by atoms with Gasteiger partial charge in [0.25, 0.3) is 0 Å². The molecule has 2 N–H and O–H groups in total. The number of tetrazole rings is 1. The third-order valence-corrected chi connectivity index (χ3v) is 3.15. The first-order chi connectivity index (χ1) is 8.16. The summed E-state index contributed by atoms with van der Waals surface area (Å²) >= 11 is 1.38. The number of rotatable bonds is 4. The van der Waals surface area contributed by atoms with Gasteiger partial charge in [-0.25, -0.2) is 0 Å². The highest BCUT2D eigenvalue weighted by atomic mass is 32.2. The molecule has 0 saturated heterocycles. The molecule has 0 amide bonds. The summed E-state index contributed by atoms with van der Waals surface area (Å²) in [6.07, 6.45) is -0.412. The number of phenolic OH excluding ortho intramolecular Hbond substituents is 1. The zero-order valence-corrected chi connectivity index (χ0v) is 10.0. The maximum Gasteiger partial charge on any atom is 0.214 e. The van der Waals surface area contributed by atoms with Crippen molar-refractivity contribution < 1.29 is 10.2 Å². The molecule has 0 saturated carbocycles. The topological polar surface area (TPSA) is 84.1 Å². The molecule has 0 unspecified atom stereocenters. The number of thioether (sulfide) groups is 1. The molecular weight excluding hydrogens is 240 g/mol. The Hall–Kier alpha value is -1.60. The molecule has 0 bridgehead atoms. The number of aromatic hydroxyl groups is 1. The molecule has 1 aromatic carbocycles. The van der Waals surface area contributed by atoms with Crippen molar-refractivity contribution in [3.63, 3.8) is 0 Å². The Balaban J connectivity index is 2.21. The van der Waals surface area contributed by atoms with Gasteiger partial charge >= 0.3 is 0 Å². The molecule has 0 aliphatic carbocycles. The SMILES string of the molecule is C[C@H](O)CSc1nnnn1-c1ccc(O)cc1. The number of hydrogen-bond donors (Lipinski definition) is 2. The summed E-state index contributed by atoms with van der Waals surface area (Å²) in [6.45, 7) is 1.71. The molecule has 2 aromatic rings. The molecule has 17 heavy (non-hydrogen) atoms. The van der Waals surface area contributed by atoms with Crippen molar-refractivity contribution in [1.82, 2.24) is 20.2 Å². The van der Waals surface area contributed by atoms with Crippen LogP contribution in [0, 0.1) is 0 Å². The molecule has 0 fully saturated rings. The molecule has 0 radical (unpaired) electrons. The number of nitrogens with zero attached hydrogens (tertiary/aromatic N) is 4. The Labute approximate surface area is 102 Å². The maximum absolute atomic E-state index is 9.22. The Morgan fingerprint density at radius 3 is 2.71 bits per heavy atom. The van der Waals surface area contributed by atoms with Crippen LogP contribution in [0.25, 0.3) is 5.69 Å².